The van der Waals surface area contributed by atoms with Crippen molar-refractivity contribution in [1.29, 1.82) is 0 Å². The first-order valence-corrected chi connectivity index (χ1v) is 4.46. The molecule has 0 amide bonds. The predicted molar refractivity (Wildman–Crippen MR) is 57.4 cm³/mol. The van der Waals surface area contributed by atoms with Crippen molar-refractivity contribution in [3.63, 3.8) is 0 Å². The normalized spacial score (nSPS) is 11.7. The lowest BCUT2D eigenvalue weighted by atomic mass is 10.1. The molecular weight excluding hydrogens is 198 g/mol. The SMILES string of the molecule is Cc1c(O)c(O)c([N+](C)(C)C)c(O)c1O. The highest BCUT2D eigenvalue weighted by Gasteiger charge is 2.30. The first-order chi connectivity index (χ1) is 6.68. The highest BCUT2D eigenvalue weighted by Crippen LogP contribution is 2.51. The molecule has 0 unspecified atom stereocenters. The maximum Gasteiger partial charge on any atom is 0.224 e. The van der Waals surface area contributed by atoms with E-state index in [1.54, 1.807) is 21.1 Å². The second-order valence-corrected chi connectivity index (χ2v) is 4.38. The van der Waals surface area contributed by atoms with E-state index < -0.39 is 23.0 Å². The first kappa shape index (κ1) is 11.5. The fraction of sp³-hybridized carbons (Fsp3) is 0.400. The Morgan fingerprint density at radius 1 is 0.733 bits per heavy atom. The Morgan fingerprint density at radius 3 is 1.33 bits per heavy atom. The molecule has 0 bridgehead atoms. The van der Waals surface area contributed by atoms with Crippen LogP contribution in [0.15, 0.2) is 0 Å². The summed E-state index contributed by atoms with van der Waals surface area (Å²) in [6.07, 6.45) is 0. The summed E-state index contributed by atoms with van der Waals surface area (Å²) in [5, 5.41) is 38.4. The van der Waals surface area contributed by atoms with E-state index in [1.165, 1.54) is 6.92 Å². The molecule has 5 heteroatoms. The third kappa shape index (κ3) is 1.66. The average Bonchev–Trinajstić information content (AvgIpc) is 2.09. The second-order valence-electron chi connectivity index (χ2n) is 4.38. The standard InChI is InChI=1S/C10H15NO4/c1-5-7(12)9(14)6(11(2,3)4)10(15)8(5)13/h1-4H3,(H3-,12,13,14,15)/p+1. The number of hydrogen-bond acceptors (Lipinski definition) is 4. The summed E-state index contributed by atoms with van der Waals surface area (Å²) in [4.78, 5) is 0. The van der Waals surface area contributed by atoms with Gasteiger partial charge in [0, 0.05) is 5.56 Å². The van der Waals surface area contributed by atoms with Gasteiger partial charge < -0.3 is 20.4 Å². The molecule has 0 spiro atoms. The maximum absolute atomic E-state index is 9.68. The lowest BCUT2D eigenvalue weighted by molar-refractivity contribution is 0.345. The molecule has 5 nitrogen and oxygen atoms in total. The van der Waals surface area contributed by atoms with Crippen LogP contribution in [0.1, 0.15) is 5.56 Å². The Kier molecular flexibility index (Phi) is 2.44. The minimum atomic E-state index is -0.409. The number of phenolic OH excluding ortho intramolecular Hbond substituents is 4. The third-order valence-corrected chi connectivity index (χ3v) is 2.28. The van der Waals surface area contributed by atoms with E-state index in [0.717, 1.165) is 0 Å². The van der Waals surface area contributed by atoms with Crippen LogP contribution < -0.4 is 4.48 Å². The van der Waals surface area contributed by atoms with Crippen LogP contribution in [-0.4, -0.2) is 41.6 Å². The molecule has 1 rings (SSSR count). The molecule has 84 valence electrons. The van der Waals surface area contributed by atoms with Gasteiger partial charge in [0.05, 0.1) is 21.1 Å². The molecule has 0 aliphatic carbocycles. The first-order valence-electron chi connectivity index (χ1n) is 4.46. The van der Waals surface area contributed by atoms with Gasteiger partial charge in [0.1, 0.15) is 0 Å². The summed E-state index contributed by atoms with van der Waals surface area (Å²) in [7, 11) is 5.09. The molecule has 0 atom stereocenters. The van der Waals surface area contributed by atoms with Gasteiger partial charge in [-0.2, -0.15) is 0 Å². The van der Waals surface area contributed by atoms with E-state index in [4.69, 9.17) is 0 Å². The molecule has 15 heavy (non-hydrogen) atoms. The summed E-state index contributed by atoms with van der Waals surface area (Å²) in [5.74, 6) is -1.63. The summed E-state index contributed by atoms with van der Waals surface area (Å²) in [6, 6.07) is 0. The predicted octanol–water partition coefficient (Wildman–Crippen LogP) is 1.01. The number of quaternary nitrogens is 1. The molecule has 0 heterocycles. The van der Waals surface area contributed by atoms with Crippen molar-refractivity contribution in [3.05, 3.63) is 5.56 Å². The van der Waals surface area contributed by atoms with Gasteiger partial charge in [-0.15, -0.1) is 0 Å². The van der Waals surface area contributed by atoms with Gasteiger partial charge in [-0.05, 0) is 6.92 Å². The van der Waals surface area contributed by atoms with Crippen LogP contribution in [0.3, 0.4) is 0 Å². The van der Waals surface area contributed by atoms with Crippen molar-refractivity contribution in [1.82, 2.24) is 4.48 Å². The minimum absolute atomic E-state index is 0.0576. The zero-order chi connectivity index (χ0) is 12.0. The number of rotatable bonds is 1. The molecule has 1 aromatic carbocycles. The number of phenols is 4. The molecule has 0 radical (unpaired) electrons. The number of aromatic hydroxyl groups is 4. The minimum Gasteiger partial charge on any atom is -0.504 e. The van der Waals surface area contributed by atoms with E-state index in [2.05, 4.69) is 0 Å². The van der Waals surface area contributed by atoms with Gasteiger partial charge in [-0.1, -0.05) is 0 Å². The quantitative estimate of drug-likeness (QED) is 0.319. The second kappa shape index (κ2) is 3.20. The lowest BCUT2D eigenvalue weighted by Gasteiger charge is -2.26. The van der Waals surface area contributed by atoms with Crippen molar-refractivity contribution in [2.24, 2.45) is 0 Å². The van der Waals surface area contributed by atoms with E-state index in [0.29, 0.717) is 0 Å². The Hall–Kier alpha value is -1.62. The smallest absolute Gasteiger partial charge is 0.224 e. The number of benzene rings is 1. The Labute approximate surface area is 88.0 Å². The molecule has 0 aromatic heterocycles. The lowest BCUT2D eigenvalue weighted by Crippen LogP contribution is -2.34. The van der Waals surface area contributed by atoms with Gasteiger partial charge in [-0.25, -0.2) is 0 Å². The molecule has 0 saturated carbocycles. The molecule has 4 N–H and O–H groups in total. The van der Waals surface area contributed by atoms with Crippen molar-refractivity contribution in [2.45, 2.75) is 6.92 Å². The van der Waals surface area contributed by atoms with Crippen molar-refractivity contribution in [3.8, 4) is 23.0 Å². The molecule has 0 aliphatic heterocycles. The molecule has 0 saturated heterocycles. The van der Waals surface area contributed by atoms with E-state index >= 15 is 0 Å². The van der Waals surface area contributed by atoms with Crippen molar-refractivity contribution < 1.29 is 20.4 Å². The fourth-order valence-corrected chi connectivity index (χ4v) is 1.44. The number of hydrogen-bond donors (Lipinski definition) is 4. The van der Waals surface area contributed by atoms with Crippen LogP contribution in [-0.2, 0) is 0 Å². The topological polar surface area (TPSA) is 80.9 Å². The van der Waals surface area contributed by atoms with Crippen LogP contribution in [0.2, 0.25) is 0 Å². The van der Waals surface area contributed by atoms with Crippen LogP contribution in [0.25, 0.3) is 0 Å². The third-order valence-electron chi connectivity index (χ3n) is 2.28. The van der Waals surface area contributed by atoms with Gasteiger partial charge >= 0.3 is 0 Å². The zero-order valence-electron chi connectivity index (χ0n) is 9.24. The number of nitrogens with zero attached hydrogens (tertiary/aromatic N) is 1. The molecular formula is C10H16NO4+. The van der Waals surface area contributed by atoms with Crippen molar-refractivity contribution >= 4 is 5.69 Å². The highest BCUT2D eigenvalue weighted by molar-refractivity contribution is 5.75. The summed E-state index contributed by atoms with van der Waals surface area (Å²) in [5.41, 5.74) is 0.137. The Bertz CT molecular complexity index is 378. The fourth-order valence-electron chi connectivity index (χ4n) is 1.44. The molecule has 0 aliphatic rings. The summed E-state index contributed by atoms with van der Waals surface area (Å²) in [6.45, 7) is 1.41. The van der Waals surface area contributed by atoms with Gasteiger partial charge in [0.2, 0.25) is 17.2 Å². The van der Waals surface area contributed by atoms with Crippen LogP contribution in [0.4, 0.5) is 5.69 Å². The Morgan fingerprint density at radius 2 is 1.07 bits per heavy atom. The summed E-state index contributed by atoms with van der Waals surface area (Å²) < 4.78 is 0.0824. The van der Waals surface area contributed by atoms with Crippen LogP contribution >= 0.6 is 0 Å². The van der Waals surface area contributed by atoms with E-state index in [9.17, 15) is 20.4 Å². The van der Waals surface area contributed by atoms with Crippen LogP contribution in [0.5, 0.6) is 23.0 Å². The van der Waals surface area contributed by atoms with Gasteiger partial charge in [0.25, 0.3) is 0 Å². The largest absolute Gasteiger partial charge is 0.504 e. The monoisotopic (exact) mass is 214 g/mol. The molecule has 1 aromatic rings. The maximum atomic E-state index is 9.68. The van der Waals surface area contributed by atoms with Crippen molar-refractivity contribution in [2.75, 3.05) is 21.1 Å². The van der Waals surface area contributed by atoms with E-state index in [1.807, 2.05) is 0 Å². The van der Waals surface area contributed by atoms with Gasteiger partial charge in [0.15, 0.2) is 11.5 Å². The highest BCUT2D eigenvalue weighted by atomic mass is 16.3. The average molecular weight is 214 g/mol. The van der Waals surface area contributed by atoms with Crippen LogP contribution in [0, 0.1) is 6.92 Å². The van der Waals surface area contributed by atoms with E-state index in [-0.39, 0.29) is 15.7 Å². The Balaban J connectivity index is 3.68. The summed E-state index contributed by atoms with van der Waals surface area (Å²) >= 11 is 0. The molecule has 0 fully saturated rings. The van der Waals surface area contributed by atoms with Gasteiger partial charge in [-0.3, -0.25) is 4.48 Å². The zero-order valence-corrected chi connectivity index (χ0v) is 9.24.